The van der Waals surface area contributed by atoms with Crippen molar-refractivity contribution in [1.82, 2.24) is 14.9 Å². The topological polar surface area (TPSA) is 95.1 Å². The SMILES string of the molecule is C=CC(=O)Nc1cc(Nc2cc(N3OCC[C@@H]3Cc3cccc(F)c3C)ncn2)c(OC)cc1N1CCC(N(C)C)C1. The Morgan fingerprint density at radius 1 is 1.24 bits per heavy atom. The van der Waals surface area contributed by atoms with E-state index in [9.17, 15) is 9.18 Å². The van der Waals surface area contributed by atoms with Gasteiger partial charge < -0.3 is 25.2 Å². The number of hydroxylamine groups is 1. The zero-order valence-corrected chi connectivity index (χ0v) is 24.6. The monoisotopic (exact) mass is 575 g/mol. The summed E-state index contributed by atoms with van der Waals surface area (Å²) in [5, 5.41) is 8.07. The summed E-state index contributed by atoms with van der Waals surface area (Å²) < 4.78 is 19.9. The maximum Gasteiger partial charge on any atom is 0.247 e. The molecule has 2 aromatic carbocycles. The van der Waals surface area contributed by atoms with Crippen molar-refractivity contribution in [1.29, 1.82) is 0 Å². The zero-order chi connectivity index (χ0) is 29.8. The van der Waals surface area contributed by atoms with Gasteiger partial charge in [-0.1, -0.05) is 18.7 Å². The molecule has 222 valence electrons. The van der Waals surface area contributed by atoms with Crippen molar-refractivity contribution in [3.05, 3.63) is 72.3 Å². The van der Waals surface area contributed by atoms with Crippen LogP contribution in [0.3, 0.4) is 0 Å². The lowest BCUT2D eigenvalue weighted by molar-refractivity contribution is -0.111. The van der Waals surface area contributed by atoms with Gasteiger partial charge in [-0.25, -0.2) is 19.4 Å². The minimum absolute atomic E-state index is 0.00533. The normalized spacial score (nSPS) is 18.4. The first kappa shape index (κ1) is 29.3. The van der Waals surface area contributed by atoms with E-state index in [0.717, 1.165) is 37.2 Å². The fourth-order valence-corrected chi connectivity index (χ4v) is 5.51. The van der Waals surface area contributed by atoms with E-state index in [1.54, 1.807) is 31.2 Å². The number of carbonyl (C=O) groups excluding carboxylic acids is 1. The van der Waals surface area contributed by atoms with E-state index in [4.69, 9.17) is 9.57 Å². The first-order chi connectivity index (χ1) is 20.3. The molecule has 1 aromatic heterocycles. The quantitative estimate of drug-likeness (QED) is 0.334. The maximum atomic E-state index is 14.2. The van der Waals surface area contributed by atoms with Gasteiger partial charge in [0.25, 0.3) is 0 Å². The van der Waals surface area contributed by atoms with Gasteiger partial charge in [-0.2, -0.15) is 0 Å². The number of methoxy groups -OCH3 is 1. The standard InChI is InChI=1S/C31H38FN7O3/c1-6-31(40)36-25-15-26(28(41-5)16-27(25)38-12-10-23(18-38)37(3)4)35-29-17-30(34-19-33-29)39-22(11-13-42-39)14-21-8-7-9-24(32)20(21)2/h6-9,15-17,19,22-23H,1,10-14,18H2,2-5H3,(H,36,40)(H,33,34,35)/t22-,23?/m1/s1. The lowest BCUT2D eigenvalue weighted by Crippen LogP contribution is -2.31. The molecular formula is C31H38FN7O3. The molecule has 2 atom stereocenters. The minimum Gasteiger partial charge on any atom is -0.494 e. The molecule has 5 rings (SSSR count). The summed E-state index contributed by atoms with van der Waals surface area (Å²) in [7, 11) is 5.77. The van der Waals surface area contributed by atoms with Crippen LogP contribution < -0.4 is 25.3 Å². The Morgan fingerprint density at radius 2 is 2.07 bits per heavy atom. The number of halogens is 1. The van der Waals surface area contributed by atoms with E-state index in [0.29, 0.717) is 53.4 Å². The fraction of sp³-hybridized carbons (Fsp3) is 0.387. The second-order valence-electron chi connectivity index (χ2n) is 10.8. The number of nitrogens with zero attached hydrogens (tertiary/aromatic N) is 5. The van der Waals surface area contributed by atoms with Crippen LogP contribution in [0.4, 0.5) is 33.1 Å². The van der Waals surface area contributed by atoms with E-state index in [1.807, 2.05) is 18.2 Å². The van der Waals surface area contributed by atoms with Crippen LogP contribution in [0, 0.1) is 12.7 Å². The Bertz CT molecular complexity index is 1450. The number of rotatable bonds is 10. The minimum atomic E-state index is -0.300. The van der Waals surface area contributed by atoms with Crippen LogP contribution in [-0.4, -0.2) is 73.8 Å². The van der Waals surface area contributed by atoms with Crippen LogP contribution in [0.2, 0.25) is 0 Å². The molecule has 0 radical (unpaired) electrons. The average molecular weight is 576 g/mol. The van der Waals surface area contributed by atoms with E-state index in [-0.39, 0.29) is 17.8 Å². The highest BCUT2D eigenvalue weighted by Crippen LogP contribution is 2.40. The Kier molecular flexibility index (Phi) is 8.89. The van der Waals surface area contributed by atoms with Gasteiger partial charge in [-0.3, -0.25) is 9.63 Å². The molecule has 2 aliphatic rings. The van der Waals surface area contributed by atoms with Crippen LogP contribution in [0.25, 0.3) is 0 Å². The van der Waals surface area contributed by atoms with Gasteiger partial charge in [0.2, 0.25) is 5.91 Å². The Balaban J connectivity index is 1.41. The van der Waals surface area contributed by atoms with E-state index in [2.05, 4.69) is 51.1 Å². The largest absolute Gasteiger partial charge is 0.494 e. The van der Waals surface area contributed by atoms with Crippen molar-refractivity contribution in [2.45, 2.75) is 38.3 Å². The summed E-state index contributed by atoms with van der Waals surface area (Å²) in [5.74, 6) is 1.21. The van der Waals surface area contributed by atoms with Crippen molar-refractivity contribution < 1.29 is 18.8 Å². The summed E-state index contributed by atoms with van der Waals surface area (Å²) in [6, 6.07) is 11.2. The van der Waals surface area contributed by atoms with Crippen molar-refractivity contribution >= 4 is 34.6 Å². The molecule has 3 heterocycles. The number of nitrogens with one attached hydrogen (secondary N) is 2. The van der Waals surface area contributed by atoms with E-state index < -0.39 is 0 Å². The number of carbonyl (C=O) groups is 1. The van der Waals surface area contributed by atoms with Crippen molar-refractivity contribution in [2.75, 3.05) is 61.5 Å². The number of amides is 1. The third-order valence-electron chi connectivity index (χ3n) is 7.99. The molecule has 2 aliphatic heterocycles. The van der Waals surface area contributed by atoms with Crippen LogP contribution in [0.1, 0.15) is 24.0 Å². The molecule has 2 fully saturated rings. The molecule has 0 aliphatic carbocycles. The molecule has 2 N–H and O–H groups in total. The number of aromatic nitrogens is 2. The molecule has 10 nitrogen and oxygen atoms in total. The number of hydrogen-bond acceptors (Lipinski definition) is 9. The van der Waals surface area contributed by atoms with Crippen LogP contribution >= 0.6 is 0 Å². The lowest BCUT2D eigenvalue weighted by Gasteiger charge is -2.26. The number of benzene rings is 2. The third kappa shape index (κ3) is 6.32. The number of likely N-dealkylation sites (N-methyl/N-ethyl adjacent to an activating group) is 1. The van der Waals surface area contributed by atoms with Gasteiger partial charge in [-0.05, 0) is 69.6 Å². The summed E-state index contributed by atoms with van der Waals surface area (Å²) >= 11 is 0. The van der Waals surface area contributed by atoms with E-state index in [1.165, 1.54) is 18.5 Å². The van der Waals surface area contributed by atoms with Gasteiger partial charge in [0.15, 0.2) is 5.82 Å². The predicted octanol–water partition coefficient (Wildman–Crippen LogP) is 4.69. The van der Waals surface area contributed by atoms with Crippen molar-refractivity contribution in [3.63, 3.8) is 0 Å². The summed E-state index contributed by atoms with van der Waals surface area (Å²) in [5.41, 5.74) is 3.74. The molecular weight excluding hydrogens is 537 g/mol. The van der Waals surface area contributed by atoms with Crippen LogP contribution in [0.5, 0.6) is 5.75 Å². The first-order valence-electron chi connectivity index (χ1n) is 14.1. The molecule has 2 saturated heterocycles. The molecule has 1 amide bonds. The summed E-state index contributed by atoms with van der Waals surface area (Å²) in [4.78, 5) is 31.7. The Labute approximate surface area is 246 Å². The number of hydrogen-bond donors (Lipinski definition) is 2. The second kappa shape index (κ2) is 12.7. The smallest absolute Gasteiger partial charge is 0.247 e. The van der Waals surface area contributed by atoms with Gasteiger partial charge in [0.05, 0.1) is 36.8 Å². The number of anilines is 5. The van der Waals surface area contributed by atoms with Gasteiger partial charge in [0.1, 0.15) is 23.7 Å². The lowest BCUT2D eigenvalue weighted by atomic mass is 9.99. The summed E-state index contributed by atoms with van der Waals surface area (Å²) in [6.07, 6.45) is 5.16. The summed E-state index contributed by atoms with van der Waals surface area (Å²) in [6.45, 7) is 7.64. The Hall–Kier alpha value is -4.22. The molecule has 42 heavy (non-hydrogen) atoms. The Morgan fingerprint density at radius 3 is 2.81 bits per heavy atom. The molecule has 0 spiro atoms. The third-order valence-corrected chi connectivity index (χ3v) is 7.99. The number of ether oxygens (including phenoxy) is 1. The highest BCUT2D eigenvalue weighted by atomic mass is 19.1. The molecule has 0 bridgehead atoms. The van der Waals surface area contributed by atoms with Crippen molar-refractivity contribution in [3.8, 4) is 5.75 Å². The molecule has 1 unspecified atom stereocenters. The van der Waals surface area contributed by atoms with Gasteiger partial charge >= 0.3 is 0 Å². The molecule has 0 saturated carbocycles. The van der Waals surface area contributed by atoms with Gasteiger partial charge in [0, 0.05) is 31.3 Å². The fourth-order valence-electron chi connectivity index (χ4n) is 5.51. The molecule has 11 heteroatoms. The maximum absolute atomic E-state index is 14.2. The zero-order valence-electron chi connectivity index (χ0n) is 24.6. The van der Waals surface area contributed by atoms with Crippen LogP contribution in [0.15, 0.2) is 55.4 Å². The van der Waals surface area contributed by atoms with E-state index >= 15 is 0 Å². The highest BCUT2D eigenvalue weighted by Gasteiger charge is 2.30. The van der Waals surface area contributed by atoms with Crippen LogP contribution in [-0.2, 0) is 16.1 Å². The predicted molar refractivity (Wildman–Crippen MR) is 163 cm³/mol. The van der Waals surface area contributed by atoms with Crippen molar-refractivity contribution in [2.24, 2.45) is 0 Å². The average Bonchev–Trinajstić information content (AvgIpc) is 3.66. The van der Waals surface area contributed by atoms with Gasteiger partial charge in [-0.15, -0.1) is 0 Å². The first-order valence-corrected chi connectivity index (χ1v) is 14.1. The molecule has 3 aromatic rings. The second-order valence-corrected chi connectivity index (χ2v) is 10.8. The highest BCUT2D eigenvalue weighted by molar-refractivity contribution is 6.02.